The van der Waals surface area contributed by atoms with Gasteiger partial charge in [0.2, 0.25) is 0 Å². The van der Waals surface area contributed by atoms with Crippen LogP contribution in [0.3, 0.4) is 0 Å². The maximum Gasteiger partial charge on any atom is 0.330 e. The van der Waals surface area contributed by atoms with Crippen molar-refractivity contribution in [3.05, 3.63) is 27.8 Å². The Kier molecular flexibility index (Phi) is 6.05. The largest absolute Gasteiger partial charge is 1.00 e. The fourth-order valence-corrected chi connectivity index (χ4v) is 2.47. The van der Waals surface area contributed by atoms with Crippen LogP contribution in [0.15, 0.2) is 16.9 Å². The molecule has 0 saturated heterocycles. The minimum Gasteiger partial charge on any atom is -1.00 e. The average molecular weight is 319 g/mol. The third-order valence-electron chi connectivity index (χ3n) is 3.64. The molecule has 0 aliphatic carbocycles. The molecule has 0 bridgehead atoms. The normalized spacial score (nSPS) is 11.1. The molecule has 0 aliphatic rings. The lowest BCUT2D eigenvalue weighted by Gasteiger charge is -2.15. The Morgan fingerprint density at radius 3 is 2.55 bits per heavy atom. The molecule has 0 aliphatic heterocycles. The number of hydrogen-bond acceptors (Lipinski definition) is 2. The van der Waals surface area contributed by atoms with Crippen molar-refractivity contribution in [1.29, 1.82) is 0 Å². The van der Waals surface area contributed by atoms with Crippen LogP contribution >= 0.6 is 11.6 Å². The van der Waals surface area contributed by atoms with Gasteiger partial charge in [0.25, 0.3) is 0 Å². The third-order valence-corrected chi connectivity index (χ3v) is 3.85. The van der Waals surface area contributed by atoms with Crippen molar-refractivity contribution in [3.63, 3.8) is 0 Å². The quantitative estimate of drug-likeness (QED) is 0.611. The molecule has 1 N–H and O–H groups in total. The van der Waals surface area contributed by atoms with Crippen molar-refractivity contribution < 1.29 is 17.3 Å². The van der Waals surface area contributed by atoms with Crippen LogP contribution in [-0.2, 0) is 13.6 Å². The number of aryl methyl sites for hydroxylation is 1. The molecule has 0 fully saturated rings. The van der Waals surface area contributed by atoms with Crippen LogP contribution in [0.25, 0.3) is 11.2 Å². The molecular formula is C13H20Cl2N4O. The van der Waals surface area contributed by atoms with E-state index in [1.165, 1.54) is 4.90 Å². The Hall–Kier alpha value is -1.04. The number of hydrogen-bond donors (Lipinski definition) is 1. The summed E-state index contributed by atoms with van der Waals surface area (Å²) >= 11 is 5.93. The number of nitrogens with one attached hydrogen (secondary N) is 1. The Labute approximate surface area is 129 Å². The molecule has 2 rings (SSSR count). The molecule has 7 heteroatoms. The molecule has 0 aromatic carbocycles. The number of imidazole rings is 1. The highest BCUT2D eigenvalue weighted by Crippen LogP contribution is 2.13. The van der Waals surface area contributed by atoms with Gasteiger partial charge in [-0.15, -0.1) is 0 Å². The summed E-state index contributed by atoms with van der Waals surface area (Å²) in [5.74, 6) is 0. The molecule has 0 radical (unpaired) electrons. The van der Waals surface area contributed by atoms with Gasteiger partial charge in [0.15, 0.2) is 5.65 Å². The van der Waals surface area contributed by atoms with Crippen LogP contribution in [0.4, 0.5) is 0 Å². The van der Waals surface area contributed by atoms with Crippen LogP contribution in [0.5, 0.6) is 0 Å². The van der Waals surface area contributed by atoms with E-state index in [9.17, 15) is 4.79 Å². The zero-order valence-corrected chi connectivity index (χ0v) is 13.5. The number of pyridine rings is 1. The Bertz CT molecular complexity index is 631. The molecule has 5 nitrogen and oxygen atoms in total. The van der Waals surface area contributed by atoms with Crippen molar-refractivity contribution in [2.75, 3.05) is 19.6 Å². The van der Waals surface area contributed by atoms with Crippen LogP contribution < -0.4 is 23.0 Å². The van der Waals surface area contributed by atoms with Gasteiger partial charge in [-0.05, 0) is 26.0 Å². The van der Waals surface area contributed by atoms with Gasteiger partial charge in [0, 0.05) is 7.05 Å². The molecule has 112 valence electrons. The van der Waals surface area contributed by atoms with Crippen molar-refractivity contribution in [3.8, 4) is 0 Å². The van der Waals surface area contributed by atoms with Gasteiger partial charge in [0.1, 0.15) is 5.15 Å². The molecule has 0 spiro atoms. The summed E-state index contributed by atoms with van der Waals surface area (Å²) in [6.07, 6.45) is 0. The first-order valence-corrected chi connectivity index (χ1v) is 7.01. The van der Waals surface area contributed by atoms with E-state index in [-0.39, 0.29) is 18.1 Å². The van der Waals surface area contributed by atoms with Crippen molar-refractivity contribution in [2.45, 2.75) is 20.4 Å². The van der Waals surface area contributed by atoms with Crippen molar-refractivity contribution >= 4 is 22.8 Å². The summed E-state index contributed by atoms with van der Waals surface area (Å²) in [4.78, 5) is 18.0. The fraction of sp³-hybridized carbons (Fsp3) is 0.538. The molecule has 2 heterocycles. The summed E-state index contributed by atoms with van der Waals surface area (Å²) in [5, 5.41) is 0.419. The average Bonchev–Trinajstić information content (AvgIpc) is 2.64. The van der Waals surface area contributed by atoms with Gasteiger partial charge in [-0.1, -0.05) is 11.6 Å². The van der Waals surface area contributed by atoms with Gasteiger partial charge in [0.05, 0.1) is 31.7 Å². The first-order valence-electron chi connectivity index (χ1n) is 6.63. The monoisotopic (exact) mass is 318 g/mol. The number of aromatic nitrogens is 3. The first-order chi connectivity index (χ1) is 9.08. The zero-order valence-electron chi connectivity index (χ0n) is 12.0. The summed E-state index contributed by atoms with van der Waals surface area (Å²) in [5.41, 5.74) is 1.46. The molecule has 2 aromatic rings. The van der Waals surface area contributed by atoms with Crippen molar-refractivity contribution in [1.82, 2.24) is 14.1 Å². The first kappa shape index (κ1) is 17.0. The predicted octanol–water partition coefficient (Wildman–Crippen LogP) is -2.68. The molecule has 0 amide bonds. The van der Waals surface area contributed by atoms with Crippen LogP contribution in [0.1, 0.15) is 13.8 Å². The predicted molar refractivity (Wildman–Crippen MR) is 76.9 cm³/mol. The summed E-state index contributed by atoms with van der Waals surface area (Å²) in [6, 6.07) is 3.55. The second-order valence-corrected chi connectivity index (χ2v) is 5.06. The Morgan fingerprint density at radius 1 is 1.30 bits per heavy atom. The van der Waals surface area contributed by atoms with E-state index in [1.807, 2.05) is 6.07 Å². The van der Waals surface area contributed by atoms with E-state index in [4.69, 9.17) is 11.6 Å². The van der Waals surface area contributed by atoms with Gasteiger partial charge in [-0.2, -0.15) is 0 Å². The van der Waals surface area contributed by atoms with E-state index in [0.29, 0.717) is 17.3 Å². The maximum absolute atomic E-state index is 12.2. The molecule has 0 atom stereocenters. The zero-order chi connectivity index (χ0) is 14.0. The minimum atomic E-state index is -0.0312. The lowest BCUT2D eigenvalue weighted by Crippen LogP contribution is -3.11. The number of halogens is 2. The van der Waals surface area contributed by atoms with Gasteiger partial charge < -0.3 is 17.3 Å². The minimum absolute atomic E-state index is 0. The van der Waals surface area contributed by atoms with Gasteiger partial charge in [-0.25, -0.2) is 9.78 Å². The fourth-order valence-electron chi connectivity index (χ4n) is 2.33. The summed E-state index contributed by atoms with van der Waals surface area (Å²) in [7, 11) is 1.76. The van der Waals surface area contributed by atoms with E-state index in [2.05, 4.69) is 18.8 Å². The van der Waals surface area contributed by atoms with Gasteiger partial charge >= 0.3 is 5.69 Å². The highest BCUT2D eigenvalue weighted by Gasteiger charge is 2.13. The number of rotatable bonds is 5. The highest BCUT2D eigenvalue weighted by molar-refractivity contribution is 6.29. The maximum atomic E-state index is 12.2. The van der Waals surface area contributed by atoms with E-state index in [0.717, 1.165) is 25.2 Å². The number of fused-ring (bicyclic) bond motifs is 1. The highest BCUT2D eigenvalue weighted by atomic mass is 35.5. The number of likely N-dealkylation sites (N-methyl/N-ethyl adjacent to an activating group) is 1. The lowest BCUT2D eigenvalue weighted by atomic mass is 10.4. The standard InChI is InChI=1S/C13H19ClN4O.ClH/c1-4-17(5-2)8-9-18-12-10(16(3)13(18)19)6-7-11(14)15-12;/h6-7H,4-5,8-9H2,1-3H3;1H. The van der Waals surface area contributed by atoms with E-state index >= 15 is 0 Å². The van der Waals surface area contributed by atoms with Crippen molar-refractivity contribution in [2.24, 2.45) is 7.05 Å². The SMILES string of the molecule is CC[NH+](CC)CCn1c(=O)n(C)c2ccc(Cl)nc21.[Cl-]. The molecule has 0 saturated carbocycles. The third kappa shape index (κ3) is 3.16. The number of quaternary nitrogens is 1. The summed E-state index contributed by atoms with van der Waals surface area (Å²) < 4.78 is 3.34. The van der Waals surface area contributed by atoms with E-state index in [1.54, 1.807) is 22.2 Å². The van der Waals surface area contributed by atoms with E-state index < -0.39 is 0 Å². The van der Waals surface area contributed by atoms with Crippen LogP contribution in [-0.4, -0.2) is 33.8 Å². The second kappa shape index (κ2) is 7.11. The molecule has 0 unspecified atom stereocenters. The van der Waals surface area contributed by atoms with Crippen LogP contribution in [0.2, 0.25) is 5.15 Å². The Balaban J connectivity index is 0.00000200. The number of nitrogens with zero attached hydrogens (tertiary/aromatic N) is 3. The summed E-state index contributed by atoms with van der Waals surface area (Å²) in [6.45, 7) is 8.01. The second-order valence-electron chi connectivity index (χ2n) is 4.68. The Morgan fingerprint density at radius 2 is 1.95 bits per heavy atom. The molecular weight excluding hydrogens is 299 g/mol. The topological polar surface area (TPSA) is 44.3 Å². The van der Waals surface area contributed by atoms with Gasteiger partial charge in [-0.3, -0.25) is 9.13 Å². The smallest absolute Gasteiger partial charge is 0.330 e. The molecule has 20 heavy (non-hydrogen) atoms. The molecule has 2 aromatic heterocycles. The van der Waals surface area contributed by atoms with Crippen LogP contribution in [0, 0.1) is 0 Å². The lowest BCUT2D eigenvalue weighted by molar-refractivity contribution is -0.897.